The molecule has 138 heavy (non-hydrogen) atoms. The first kappa shape index (κ1) is 94.3. The van der Waals surface area contributed by atoms with Gasteiger partial charge < -0.3 is 66.3 Å². The highest BCUT2D eigenvalue weighted by Crippen LogP contribution is 2.62. The molecule has 6 saturated heterocycles. The minimum absolute atomic E-state index is 0.0855. The fraction of sp³-hybridized carbons (Fsp3) is 0.523. The SMILES string of the molecule is COc1ccnc(CO[C@]23C4=C[C@@H](C)CC2CC[C@H]3OC4=O)c1.C[C@@H]1C=C2C(=O)O[C@@H]3CCC(C1)[C@]23OCCc1cccnc1.C[C@@H]1C=C2C(=O)O[C@@H]3CCC(C1)[C@]23OCc1ccc(Oc2ccccc2)nc1.C[C@@H]1C=C2C(=O)O[C@@H]3CCC(C1)[C@]23OCc1ccncc1.Cc1ccc(CO[C@]23C4=C[C@@H](C)CC2CC[C@H]3OC4=O)cn1.Cc1cnc(CO[C@]23C4=C[C@@H](C)CC2CC[C@H]3OC4=O)cn1. The van der Waals surface area contributed by atoms with Crippen molar-refractivity contribution in [2.75, 3.05) is 13.7 Å². The number of para-hydroxylation sites is 1. The number of ether oxygens (including phenoxy) is 14. The summed E-state index contributed by atoms with van der Waals surface area (Å²) in [5.74, 6) is 5.62. The summed E-state index contributed by atoms with van der Waals surface area (Å²) in [6.45, 7) is 19.5. The number of carbonyl (C=O) groups is 6. The Kier molecular flexibility index (Phi) is 26.7. The molecule has 6 aromatic heterocycles. The Morgan fingerprint density at radius 1 is 0.312 bits per heavy atom. The molecule has 6 aliphatic heterocycles. The molecule has 24 atom stereocenters. The maximum absolute atomic E-state index is 12.4. The second kappa shape index (κ2) is 39.0. The van der Waals surface area contributed by atoms with E-state index in [2.05, 4.69) is 107 Å². The zero-order valence-corrected chi connectivity index (χ0v) is 80.2. The summed E-state index contributed by atoms with van der Waals surface area (Å²) in [6.07, 6.45) is 46.6. The van der Waals surface area contributed by atoms with Gasteiger partial charge in [0.05, 0.1) is 103 Å². The topological polar surface area (TPSA) is 322 Å². The van der Waals surface area contributed by atoms with Gasteiger partial charge in [-0.1, -0.05) is 108 Å². The second-order valence-electron chi connectivity index (χ2n) is 41.4. The molecule has 12 fully saturated rings. The van der Waals surface area contributed by atoms with E-state index in [4.69, 9.17) is 66.3 Å². The van der Waals surface area contributed by atoms with Gasteiger partial charge in [0.25, 0.3) is 0 Å². The van der Waals surface area contributed by atoms with Gasteiger partial charge in [-0.25, -0.2) is 33.8 Å². The van der Waals surface area contributed by atoms with E-state index in [0.29, 0.717) is 117 Å². The summed E-state index contributed by atoms with van der Waals surface area (Å²) in [6, 6.07) is 29.0. The van der Waals surface area contributed by atoms with Crippen LogP contribution in [-0.2, 0) is 125 Å². The van der Waals surface area contributed by atoms with Crippen LogP contribution in [0.15, 0.2) is 217 Å². The number of esters is 6. The molecule has 0 spiro atoms. The average molecular weight is 1880 g/mol. The van der Waals surface area contributed by atoms with Crippen LogP contribution >= 0.6 is 0 Å². The Labute approximate surface area is 805 Å². The second-order valence-corrected chi connectivity index (χ2v) is 41.4. The van der Waals surface area contributed by atoms with E-state index in [9.17, 15) is 28.8 Å². The zero-order valence-electron chi connectivity index (χ0n) is 80.2. The molecule has 27 heteroatoms. The molecule has 27 nitrogen and oxygen atoms in total. The van der Waals surface area contributed by atoms with Gasteiger partial charge in [-0.15, -0.1) is 0 Å². The molecule has 724 valence electrons. The highest BCUT2D eigenvalue weighted by atomic mass is 16.6. The van der Waals surface area contributed by atoms with Crippen molar-refractivity contribution in [3.63, 3.8) is 0 Å². The number of aryl methyl sites for hydroxylation is 2. The Morgan fingerprint density at radius 3 is 1.07 bits per heavy atom. The van der Waals surface area contributed by atoms with Crippen molar-refractivity contribution in [2.24, 2.45) is 71.0 Å². The Bertz CT molecular complexity index is 5780. The van der Waals surface area contributed by atoms with Crippen molar-refractivity contribution in [2.45, 2.75) is 281 Å². The third-order valence-corrected chi connectivity index (χ3v) is 32.3. The first-order valence-corrected chi connectivity index (χ1v) is 49.9. The van der Waals surface area contributed by atoms with E-state index in [-0.39, 0.29) is 72.4 Å². The van der Waals surface area contributed by atoms with Gasteiger partial charge in [-0.2, -0.15) is 0 Å². The normalized spacial score (nSPS) is 34.8. The van der Waals surface area contributed by atoms with Crippen LogP contribution in [0.1, 0.15) is 202 Å². The van der Waals surface area contributed by atoms with Crippen molar-refractivity contribution in [1.82, 2.24) is 34.9 Å². The van der Waals surface area contributed by atoms with E-state index in [1.54, 1.807) is 56.6 Å². The van der Waals surface area contributed by atoms with Crippen molar-refractivity contribution in [3.8, 4) is 17.4 Å². The van der Waals surface area contributed by atoms with E-state index in [1.165, 1.54) is 0 Å². The molecule has 12 aliphatic carbocycles. The molecule has 0 amide bonds. The molecule has 6 saturated carbocycles. The Hall–Kier alpha value is -11.3. The molecule has 12 heterocycles. The highest BCUT2D eigenvalue weighted by molar-refractivity contribution is 5.98. The van der Waals surface area contributed by atoms with Crippen LogP contribution in [0.5, 0.6) is 17.4 Å². The summed E-state index contributed by atoms with van der Waals surface area (Å²) in [5.41, 5.74) is 8.98. The van der Waals surface area contributed by atoms with Crippen LogP contribution in [-0.4, -0.2) is 155 Å². The third kappa shape index (κ3) is 17.5. The maximum Gasteiger partial charge on any atom is 0.337 e. The molecular formula is C111H125N7O20. The molecule has 1 aromatic carbocycles. The van der Waals surface area contributed by atoms with Crippen LogP contribution in [0, 0.1) is 84.9 Å². The predicted octanol–water partition coefficient (Wildman–Crippen LogP) is 17.7. The van der Waals surface area contributed by atoms with E-state index < -0.39 is 33.6 Å². The number of benzene rings is 1. The lowest BCUT2D eigenvalue weighted by atomic mass is 9.73. The highest BCUT2D eigenvalue weighted by Gasteiger charge is 2.70. The predicted molar refractivity (Wildman–Crippen MR) is 503 cm³/mol. The van der Waals surface area contributed by atoms with E-state index in [1.807, 2.05) is 117 Å². The first-order valence-electron chi connectivity index (χ1n) is 49.9. The monoisotopic (exact) mass is 1880 g/mol. The number of hydrogen-bond donors (Lipinski definition) is 0. The Balaban J connectivity index is 0.000000102. The van der Waals surface area contributed by atoms with Crippen LogP contribution in [0.4, 0.5) is 0 Å². The van der Waals surface area contributed by atoms with Gasteiger partial charge in [-0.05, 0) is 278 Å². The lowest BCUT2D eigenvalue weighted by Gasteiger charge is -2.38. The smallest absolute Gasteiger partial charge is 0.337 e. The maximum atomic E-state index is 12.4. The minimum atomic E-state index is -0.581. The fourth-order valence-electron chi connectivity index (χ4n) is 26.4. The summed E-state index contributed by atoms with van der Waals surface area (Å²) < 4.78 is 82.8. The van der Waals surface area contributed by atoms with Gasteiger partial charge in [-0.3, -0.25) is 29.9 Å². The number of nitrogens with zero attached hydrogens (tertiary/aromatic N) is 7. The minimum Gasteiger partial charge on any atom is -0.497 e. The van der Waals surface area contributed by atoms with Crippen molar-refractivity contribution >= 4 is 35.8 Å². The summed E-state index contributed by atoms with van der Waals surface area (Å²) in [5, 5.41) is 0. The largest absolute Gasteiger partial charge is 0.497 e. The van der Waals surface area contributed by atoms with E-state index >= 15 is 0 Å². The number of pyridine rings is 5. The van der Waals surface area contributed by atoms with Gasteiger partial charge in [0, 0.05) is 67.4 Å². The van der Waals surface area contributed by atoms with Gasteiger partial charge >= 0.3 is 35.8 Å². The molecule has 7 aromatic rings. The quantitative estimate of drug-likeness (QED) is 0.0449. The Morgan fingerprint density at radius 2 is 0.696 bits per heavy atom. The number of methoxy groups -OCH3 is 1. The molecule has 6 unspecified atom stereocenters. The van der Waals surface area contributed by atoms with Crippen LogP contribution in [0.25, 0.3) is 0 Å². The van der Waals surface area contributed by atoms with Crippen molar-refractivity contribution in [1.29, 1.82) is 0 Å². The zero-order chi connectivity index (χ0) is 95.4. The lowest BCUT2D eigenvalue weighted by Crippen LogP contribution is -2.47. The van der Waals surface area contributed by atoms with Gasteiger partial charge in [0.1, 0.15) is 81.7 Å². The first-order chi connectivity index (χ1) is 66.9. The molecule has 0 radical (unpaired) electrons. The number of hydrogen-bond acceptors (Lipinski definition) is 27. The van der Waals surface area contributed by atoms with Crippen LogP contribution in [0.3, 0.4) is 0 Å². The van der Waals surface area contributed by atoms with Crippen molar-refractivity contribution < 1.29 is 95.1 Å². The summed E-state index contributed by atoms with van der Waals surface area (Å²) in [4.78, 5) is 103. The molecule has 18 aliphatic rings. The number of carbonyl (C=O) groups excluding carboxylic acids is 6. The fourth-order valence-corrected chi connectivity index (χ4v) is 26.4. The van der Waals surface area contributed by atoms with Crippen molar-refractivity contribution in [3.05, 3.63) is 262 Å². The number of rotatable bonds is 22. The van der Waals surface area contributed by atoms with E-state index in [0.717, 1.165) is 212 Å². The van der Waals surface area contributed by atoms with Crippen LogP contribution < -0.4 is 9.47 Å². The van der Waals surface area contributed by atoms with Gasteiger partial charge in [0.15, 0.2) is 0 Å². The van der Waals surface area contributed by atoms with Gasteiger partial charge in [0.2, 0.25) is 5.88 Å². The molecule has 0 bridgehead atoms. The standard InChI is InChI=1S/C23H23NO4.C18H21NO4.2C18H21NO3.C17H20N2O3.C17H19NO3/c1-15-11-17-8-9-20-23(17,19(12-15)22(25)28-20)26-14-16-7-10-21(24-13-16)27-18-5-3-2-4-6-18;1-11-7-12-3-4-16-18(12,15(8-11)17(20)23-16)22-10-13-9-14(21-2)5-6-19-13;1-11-7-14-5-6-16-18(14,15(8-11)17(20)22-16)21-10-13-4-3-12(2)19-9-13;1-12-9-14-4-5-16-18(14,15(10-12)17(20)22-16)21-8-6-13-3-2-7-19-11-13;1-10-5-12-3-4-15-17(12,14(6-10)16(20)22-15)21-9-13-8-18-11(2)7-19-13;1-11-8-13-2-3-15-17(13,14(9-11)16(19)21-15)20-10-12-4-6-18-7-5-12/h2-7,10,12-13,15,17,20H,8-9,11,14H2,1H3;5-6,8-9,11-12,16H,3-4,7,10H2,1-2H3;3-4,8-9,11,14,16H,5-7,10H2,1-2H3;2-3,7,10-12,14,16H,4-6,8-9H2,1H3;6-8,10,12,15H,3-5,9H2,1-2H3;4-7,9,11,13,15H,2-3,8,10H2,1H3/t15-,17?,20+,23-;11-,12?,16+,18-;11-,14?,16+,18-;12-,14?,16+,18-;10-,12?,15+,17-;11-,13?,15+,17-/m000000/s1. The summed E-state index contributed by atoms with van der Waals surface area (Å²) in [7, 11) is 1.63. The molecule has 25 rings (SSSR count). The third-order valence-electron chi connectivity index (χ3n) is 32.3. The number of aromatic nitrogens is 7. The molecular weight excluding hydrogens is 1750 g/mol. The van der Waals surface area contributed by atoms with Crippen LogP contribution in [0.2, 0.25) is 0 Å². The average Bonchev–Trinajstić information content (AvgIpc) is 1.60. The number of allylic oxidation sites excluding steroid dienone is 6. The lowest BCUT2D eigenvalue weighted by molar-refractivity contribution is -0.143. The summed E-state index contributed by atoms with van der Waals surface area (Å²) >= 11 is 0. The molecule has 0 N–H and O–H groups in total.